The van der Waals surface area contributed by atoms with Crippen molar-refractivity contribution in [3.63, 3.8) is 0 Å². The van der Waals surface area contributed by atoms with Gasteiger partial charge in [-0.3, -0.25) is 9.67 Å². The van der Waals surface area contributed by atoms with Crippen molar-refractivity contribution in [1.82, 2.24) is 20.4 Å². The molecule has 1 aromatic carbocycles. The zero-order valence-corrected chi connectivity index (χ0v) is 17.4. The van der Waals surface area contributed by atoms with E-state index in [-0.39, 0.29) is 24.0 Å². The Morgan fingerprint density at radius 2 is 1.92 bits per heavy atom. The molecule has 5 nitrogen and oxygen atoms in total. The van der Waals surface area contributed by atoms with Gasteiger partial charge in [0.15, 0.2) is 5.96 Å². The van der Waals surface area contributed by atoms with Gasteiger partial charge in [0.2, 0.25) is 0 Å². The fraction of sp³-hybridized carbons (Fsp3) is 0.412. The van der Waals surface area contributed by atoms with Crippen LogP contribution < -0.4 is 10.6 Å². The summed E-state index contributed by atoms with van der Waals surface area (Å²) in [5.74, 6) is 0.799. The summed E-state index contributed by atoms with van der Waals surface area (Å²) in [5, 5.41) is 11.8. The number of hydrogen-bond acceptors (Lipinski definition) is 2. The smallest absolute Gasteiger partial charge is 0.191 e. The summed E-state index contributed by atoms with van der Waals surface area (Å²) in [4.78, 5) is 4.23. The summed E-state index contributed by atoms with van der Waals surface area (Å²) in [6, 6.07) is 9.89. The van der Waals surface area contributed by atoms with E-state index in [1.807, 2.05) is 35.9 Å². The molecule has 0 atom stereocenters. The van der Waals surface area contributed by atoms with Gasteiger partial charge in [-0.05, 0) is 44.0 Å². The molecular formula is C17H25ClIN5. The van der Waals surface area contributed by atoms with Crippen LogP contribution in [0.2, 0.25) is 5.02 Å². The van der Waals surface area contributed by atoms with Crippen molar-refractivity contribution in [2.24, 2.45) is 4.99 Å². The molecule has 0 spiro atoms. The van der Waals surface area contributed by atoms with Gasteiger partial charge in [-0.15, -0.1) is 24.0 Å². The first-order valence-corrected chi connectivity index (χ1v) is 8.16. The molecule has 7 heteroatoms. The molecule has 0 radical (unpaired) electrons. The van der Waals surface area contributed by atoms with E-state index in [4.69, 9.17) is 11.6 Å². The predicted octanol–water partition coefficient (Wildman–Crippen LogP) is 3.53. The summed E-state index contributed by atoms with van der Waals surface area (Å²) in [6.07, 6.45) is 0.990. The molecule has 0 unspecified atom stereocenters. The first-order chi connectivity index (χ1) is 11.1. The first kappa shape index (κ1) is 20.8. The van der Waals surface area contributed by atoms with Gasteiger partial charge in [-0.25, -0.2) is 0 Å². The molecule has 0 amide bonds. The van der Waals surface area contributed by atoms with Crippen molar-refractivity contribution in [1.29, 1.82) is 0 Å². The molecule has 132 valence electrons. The number of guanidine groups is 1. The maximum Gasteiger partial charge on any atom is 0.191 e. The van der Waals surface area contributed by atoms with Crippen molar-refractivity contribution in [3.8, 4) is 0 Å². The Labute approximate surface area is 165 Å². The molecule has 0 fully saturated rings. The molecule has 1 heterocycles. The average molecular weight is 462 g/mol. The molecule has 0 aliphatic carbocycles. The van der Waals surface area contributed by atoms with Gasteiger partial charge < -0.3 is 10.6 Å². The second kappa shape index (κ2) is 10.6. The molecule has 0 saturated carbocycles. The fourth-order valence-corrected chi connectivity index (χ4v) is 2.47. The van der Waals surface area contributed by atoms with Crippen LogP contribution in [0.4, 0.5) is 0 Å². The van der Waals surface area contributed by atoms with Crippen LogP contribution in [0, 0.1) is 13.8 Å². The molecule has 2 aromatic rings. The lowest BCUT2D eigenvalue weighted by Gasteiger charge is -2.12. The van der Waals surface area contributed by atoms with Gasteiger partial charge in [-0.1, -0.05) is 23.7 Å². The maximum absolute atomic E-state index is 5.89. The van der Waals surface area contributed by atoms with E-state index in [1.54, 1.807) is 7.05 Å². The van der Waals surface area contributed by atoms with Crippen LogP contribution in [0.5, 0.6) is 0 Å². The van der Waals surface area contributed by atoms with Crippen molar-refractivity contribution in [3.05, 3.63) is 52.3 Å². The van der Waals surface area contributed by atoms with Gasteiger partial charge in [0.25, 0.3) is 0 Å². The molecule has 24 heavy (non-hydrogen) atoms. The van der Waals surface area contributed by atoms with Crippen molar-refractivity contribution >= 4 is 41.5 Å². The zero-order valence-electron chi connectivity index (χ0n) is 14.3. The number of nitrogens with one attached hydrogen (secondary N) is 2. The summed E-state index contributed by atoms with van der Waals surface area (Å²) in [7, 11) is 1.78. The highest BCUT2D eigenvalue weighted by molar-refractivity contribution is 14.0. The van der Waals surface area contributed by atoms with Crippen LogP contribution in [0.25, 0.3) is 0 Å². The lowest BCUT2D eigenvalue weighted by molar-refractivity contribution is 0.555. The quantitative estimate of drug-likeness (QED) is 0.299. The monoisotopic (exact) mass is 461 g/mol. The third kappa shape index (κ3) is 6.68. The Balaban J connectivity index is 0.00000288. The minimum atomic E-state index is 0. The van der Waals surface area contributed by atoms with E-state index in [0.29, 0.717) is 6.54 Å². The summed E-state index contributed by atoms with van der Waals surface area (Å²) < 4.78 is 2.04. The Hall–Kier alpha value is -1.28. The first-order valence-electron chi connectivity index (χ1n) is 7.78. The molecule has 0 aliphatic rings. The standard InChI is InChI=1S/C17H24ClN5.HI/c1-13-11-14(2)23(22-13)10-4-9-20-17(19-3)21-12-15-5-7-16(18)8-6-15;/h5-8,11H,4,9-10,12H2,1-3H3,(H2,19,20,21);1H. The number of rotatable bonds is 6. The van der Waals surface area contributed by atoms with E-state index in [0.717, 1.165) is 36.2 Å². The second-order valence-corrected chi connectivity index (χ2v) is 5.92. The largest absolute Gasteiger partial charge is 0.356 e. The predicted molar refractivity (Wildman–Crippen MR) is 111 cm³/mol. The Bertz CT molecular complexity index is 652. The van der Waals surface area contributed by atoms with Crippen molar-refractivity contribution in [2.45, 2.75) is 33.4 Å². The third-order valence-electron chi connectivity index (χ3n) is 3.54. The van der Waals surface area contributed by atoms with Crippen LogP contribution in [-0.2, 0) is 13.1 Å². The normalized spacial score (nSPS) is 11.1. The maximum atomic E-state index is 5.89. The van der Waals surface area contributed by atoms with E-state index in [9.17, 15) is 0 Å². The highest BCUT2D eigenvalue weighted by Crippen LogP contribution is 2.09. The van der Waals surface area contributed by atoms with Crippen molar-refractivity contribution < 1.29 is 0 Å². The van der Waals surface area contributed by atoms with Crippen LogP contribution in [0.3, 0.4) is 0 Å². The van der Waals surface area contributed by atoms with Gasteiger partial charge in [0.05, 0.1) is 5.69 Å². The summed E-state index contributed by atoms with van der Waals surface area (Å²) >= 11 is 5.89. The van der Waals surface area contributed by atoms with E-state index in [1.165, 1.54) is 11.3 Å². The van der Waals surface area contributed by atoms with Gasteiger partial charge >= 0.3 is 0 Å². The second-order valence-electron chi connectivity index (χ2n) is 5.48. The topological polar surface area (TPSA) is 54.2 Å². The Morgan fingerprint density at radius 1 is 1.21 bits per heavy atom. The van der Waals surface area contributed by atoms with E-state index < -0.39 is 0 Å². The highest BCUT2D eigenvalue weighted by Gasteiger charge is 2.01. The third-order valence-corrected chi connectivity index (χ3v) is 3.79. The molecule has 2 N–H and O–H groups in total. The van der Waals surface area contributed by atoms with Crippen LogP contribution in [0.15, 0.2) is 35.3 Å². The number of benzene rings is 1. The van der Waals surface area contributed by atoms with Crippen LogP contribution in [-0.4, -0.2) is 29.3 Å². The van der Waals surface area contributed by atoms with Gasteiger partial charge in [0.1, 0.15) is 0 Å². The van der Waals surface area contributed by atoms with Crippen LogP contribution in [0.1, 0.15) is 23.4 Å². The molecule has 0 saturated heterocycles. The zero-order chi connectivity index (χ0) is 16.7. The number of aryl methyl sites for hydroxylation is 3. The lowest BCUT2D eigenvalue weighted by atomic mass is 10.2. The average Bonchev–Trinajstić information content (AvgIpc) is 2.86. The lowest BCUT2D eigenvalue weighted by Crippen LogP contribution is -2.37. The Morgan fingerprint density at radius 3 is 2.50 bits per heavy atom. The number of aliphatic imine (C=N–C) groups is 1. The van der Waals surface area contributed by atoms with E-state index in [2.05, 4.69) is 33.7 Å². The van der Waals surface area contributed by atoms with Gasteiger partial charge in [-0.2, -0.15) is 5.10 Å². The molecule has 2 rings (SSSR count). The molecule has 0 bridgehead atoms. The number of hydrogen-bond donors (Lipinski definition) is 2. The number of aromatic nitrogens is 2. The fourth-order valence-electron chi connectivity index (χ4n) is 2.35. The Kier molecular flexibility index (Phi) is 9.13. The summed E-state index contributed by atoms with van der Waals surface area (Å²) in [6.45, 7) is 6.57. The molecular weight excluding hydrogens is 437 g/mol. The van der Waals surface area contributed by atoms with Gasteiger partial charge in [0, 0.05) is 37.4 Å². The minimum Gasteiger partial charge on any atom is -0.356 e. The highest BCUT2D eigenvalue weighted by atomic mass is 127. The number of halogens is 2. The number of nitrogens with zero attached hydrogens (tertiary/aromatic N) is 3. The SMILES string of the molecule is CN=C(NCCCn1nc(C)cc1C)NCc1ccc(Cl)cc1.I. The van der Waals surface area contributed by atoms with E-state index >= 15 is 0 Å². The minimum absolute atomic E-state index is 0. The molecule has 0 aliphatic heterocycles. The van der Waals surface area contributed by atoms with Crippen LogP contribution >= 0.6 is 35.6 Å². The summed E-state index contributed by atoms with van der Waals surface area (Å²) in [5.41, 5.74) is 3.43. The molecule has 1 aromatic heterocycles. The van der Waals surface area contributed by atoms with Crippen molar-refractivity contribution in [2.75, 3.05) is 13.6 Å².